The first-order chi connectivity index (χ1) is 5.33. The average Bonchev–Trinajstić information content (AvgIpc) is 2.40. The monoisotopic (exact) mass is 152 g/mol. The fraction of sp³-hybridized carbons (Fsp3) is 0.750. The van der Waals surface area contributed by atoms with E-state index in [4.69, 9.17) is 5.26 Å². The summed E-state index contributed by atoms with van der Waals surface area (Å²) in [5.41, 5.74) is 0. The van der Waals surface area contributed by atoms with E-state index in [9.17, 15) is 4.79 Å². The van der Waals surface area contributed by atoms with Crippen molar-refractivity contribution in [3.63, 3.8) is 0 Å². The van der Waals surface area contributed by atoms with Gasteiger partial charge in [-0.05, 0) is 25.9 Å². The molecule has 0 saturated carbocycles. The Morgan fingerprint density at radius 1 is 1.45 bits per heavy atom. The van der Waals surface area contributed by atoms with Crippen LogP contribution < -0.4 is 0 Å². The summed E-state index contributed by atoms with van der Waals surface area (Å²) in [7, 11) is 0. The molecule has 0 aliphatic carbocycles. The van der Waals surface area contributed by atoms with E-state index < -0.39 is 0 Å². The molecule has 11 heavy (non-hydrogen) atoms. The van der Waals surface area contributed by atoms with Gasteiger partial charge in [-0.2, -0.15) is 5.26 Å². The second kappa shape index (κ2) is 4.09. The Kier molecular flexibility index (Phi) is 3.06. The van der Waals surface area contributed by atoms with Crippen molar-refractivity contribution in [1.82, 2.24) is 4.90 Å². The number of hydrogen-bond donors (Lipinski definition) is 0. The van der Waals surface area contributed by atoms with E-state index in [0.717, 1.165) is 13.1 Å². The standard InChI is InChI=1S/C8H12N2O/c9-4-3-8(11)7-10-5-1-2-6-10/h1-3,5-7H2. The number of carbonyl (C=O) groups excluding carboxylic acids is 1. The van der Waals surface area contributed by atoms with Crippen LogP contribution in [0.4, 0.5) is 0 Å². The van der Waals surface area contributed by atoms with E-state index in [0.29, 0.717) is 6.54 Å². The lowest BCUT2D eigenvalue weighted by molar-refractivity contribution is -0.119. The molecular weight excluding hydrogens is 140 g/mol. The predicted octanol–water partition coefficient (Wildman–Crippen LogP) is 0.565. The topological polar surface area (TPSA) is 44.1 Å². The summed E-state index contributed by atoms with van der Waals surface area (Å²) in [6.07, 6.45) is 2.45. The van der Waals surface area contributed by atoms with Crippen LogP contribution in [0.15, 0.2) is 0 Å². The Balaban J connectivity index is 2.19. The zero-order chi connectivity index (χ0) is 8.10. The van der Waals surface area contributed by atoms with Crippen molar-refractivity contribution < 1.29 is 4.79 Å². The summed E-state index contributed by atoms with van der Waals surface area (Å²) in [4.78, 5) is 13.0. The summed E-state index contributed by atoms with van der Waals surface area (Å²) >= 11 is 0. The summed E-state index contributed by atoms with van der Waals surface area (Å²) in [5, 5.41) is 8.22. The van der Waals surface area contributed by atoms with Crippen molar-refractivity contribution in [3.05, 3.63) is 0 Å². The summed E-state index contributed by atoms with van der Waals surface area (Å²) in [6.45, 7) is 2.53. The van der Waals surface area contributed by atoms with Gasteiger partial charge in [0, 0.05) is 0 Å². The van der Waals surface area contributed by atoms with E-state index in [2.05, 4.69) is 4.90 Å². The van der Waals surface area contributed by atoms with Crippen LogP contribution in [0.1, 0.15) is 19.3 Å². The average molecular weight is 152 g/mol. The van der Waals surface area contributed by atoms with E-state index in [1.807, 2.05) is 6.07 Å². The number of rotatable bonds is 3. The minimum absolute atomic E-state index is 0.0504. The molecule has 3 nitrogen and oxygen atoms in total. The van der Waals surface area contributed by atoms with Crippen molar-refractivity contribution in [1.29, 1.82) is 5.26 Å². The fourth-order valence-corrected chi connectivity index (χ4v) is 1.33. The Bertz CT molecular complexity index is 177. The van der Waals surface area contributed by atoms with Crippen LogP contribution in [-0.2, 0) is 4.79 Å². The zero-order valence-electron chi connectivity index (χ0n) is 6.55. The lowest BCUT2D eigenvalue weighted by atomic mass is 10.3. The van der Waals surface area contributed by atoms with Gasteiger partial charge < -0.3 is 0 Å². The quantitative estimate of drug-likeness (QED) is 0.593. The number of nitriles is 1. The molecule has 0 aromatic rings. The third-order valence-corrected chi connectivity index (χ3v) is 1.87. The normalized spacial score (nSPS) is 18.1. The minimum Gasteiger partial charge on any atom is -0.297 e. The van der Waals surface area contributed by atoms with E-state index >= 15 is 0 Å². The Hall–Kier alpha value is -0.880. The van der Waals surface area contributed by atoms with Crippen LogP contribution in [0.2, 0.25) is 0 Å². The van der Waals surface area contributed by atoms with Gasteiger partial charge in [0.15, 0.2) is 5.78 Å². The first-order valence-corrected chi connectivity index (χ1v) is 3.94. The minimum atomic E-state index is 0.0504. The number of Topliss-reactive ketones (excluding diaryl/α,β-unsaturated/α-hetero) is 1. The number of nitrogens with zero attached hydrogens (tertiary/aromatic N) is 2. The molecule has 0 N–H and O–H groups in total. The Morgan fingerprint density at radius 3 is 2.64 bits per heavy atom. The molecule has 0 unspecified atom stereocenters. The second-order valence-corrected chi connectivity index (χ2v) is 2.86. The third-order valence-electron chi connectivity index (χ3n) is 1.87. The van der Waals surface area contributed by atoms with Gasteiger partial charge >= 0.3 is 0 Å². The fourth-order valence-electron chi connectivity index (χ4n) is 1.33. The SMILES string of the molecule is N#CCC(=O)CN1CCCC1. The molecule has 0 amide bonds. The predicted molar refractivity (Wildman–Crippen MR) is 40.9 cm³/mol. The number of carbonyl (C=O) groups is 1. The van der Waals surface area contributed by atoms with Crippen LogP contribution in [-0.4, -0.2) is 30.3 Å². The largest absolute Gasteiger partial charge is 0.297 e. The summed E-state index contributed by atoms with van der Waals surface area (Å²) < 4.78 is 0. The van der Waals surface area contributed by atoms with Crippen LogP contribution in [0.3, 0.4) is 0 Å². The maximum atomic E-state index is 10.9. The van der Waals surface area contributed by atoms with Crippen molar-refractivity contribution >= 4 is 5.78 Å². The number of ketones is 1. The summed E-state index contributed by atoms with van der Waals surface area (Å²) in [6, 6.07) is 1.87. The highest BCUT2D eigenvalue weighted by Gasteiger charge is 2.14. The van der Waals surface area contributed by atoms with Crippen LogP contribution in [0.5, 0.6) is 0 Å². The highest BCUT2D eigenvalue weighted by atomic mass is 16.1. The molecule has 1 aliphatic heterocycles. The lowest BCUT2D eigenvalue weighted by Crippen LogP contribution is -2.26. The van der Waals surface area contributed by atoms with Crippen molar-refractivity contribution in [3.8, 4) is 6.07 Å². The molecule has 0 atom stereocenters. The van der Waals surface area contributed by atoms with Crippen LogP contribution >= 0.6 is 0 Å². The first kappa shape index (κ1) is 8.22. The number of hydrogen-bond acceptors (Lipinski definition) is 3. The zero-order valence-corrected chi connectivity index (χ0v) is 6.55. The Labute approximate surface area is 66.6 Å². The molecule has 1 saturated heterocycles. The van der Waals surface area contributed by atoms with Gasteiger partial charge in [-0.15, -0.1) is 0 Å². The lowest BCUT2D eigenvalue weighted by Gasteiger charge is -2.11. The number of likely N-dealkylation sites (tertiary alicyclic amines) is 1. The highest BCUT2D eigenvalue weighted by molar-refractivity contribution is 5.82. The maximum absolute atomic E-state index is 10.9. The van der Waals surface area contributed by atoms with E-state index in [-0.39, 0.29) is 12.2 Å². The molecule has 0 aromatic heterocycles. The van der Waals surface area contributed by atoms with Crippen molar-refractivity contribution in [2.45, 2.75) is 19.3 Å². The van der Waals surface area contributed by atoms with Gasteiger partial charge in [0.05, 0.1) is 19.0 Å². The summed E-state index contributed by atoms with van der Waals surface area (Å²) in [5.74, 6) is 0.0504. The molecule has 1 rings (SSSR count). The first-order valence-electron chi connectivity index (χ1n) is 3.94. The molecule has 1 aliphatic rings. The third kappa shape index (κ3) is 2.69. The van der Waals surface area contributed by atoms with Gasteiger partial charge in [-0.25, -0.2) is 0 Å². The molecule has 0 radical (unpaired) electrons. The van der Waals surface area contributed by atoms with Crippen LogP contribution in [0, 0.1) is 11.3 Å². The molecule has 1 heterocycles. The maximum Gasteiger partial charge on any atom is 0.160 e. The molecule has 1 fully saturated rings. The van der Waals surface area contributed by atoms with Gasteiger partial charge in [-0.3, -0.25) is 9.69 Å². The molecule has 0 aromatic carbocycles. The van der Waals surface area contributed by atoms with Crippen LogP contribution in [0.25, 0.3) is 0 Å². The molecular formula is C8H12N2O. The highest BCUT2D eigenvalue weighted by Crippen LogP contribution is 2.06. The van der Waals surface area contributed by atoms with E-state index in [1.54, 1.807) is 0 Å². The van der Waals surface area contributed by atoms with Gasteiger partial charge in [0.1, 0.15) is 0 Å². The molecule has 0 spiro atoms. The molecule has 0 bridgehead atoms. The van der Waals surface area contributed by atoms with Gasteiger partial charge in [0.25, 0.3) is 0 Å². The van der Waals surface area contributed by atoms with Crippen molar-refractivity contribution in [2.24, 2.45) is 0 Å². The van der Waals surface area contributed by atoms with Crippen molar-refractivity contribution in [2.75, 3.05) is 19.6 Å². The molecule has 3 heteroatoms. The van der Waals surface area contributed by atoms with Gasteiger partial charge in [0.2, 0.25) is 0 Å². The van der Waals surface area contributed by atoms with E-state index in [1.165, 1.54) is 12.8 Å². The Morgan fingerprint density at radius 2 is 2.09 bits per heavy atom. The second-order valence-electron chi connectivity index (χ2n) is 2.86. The molecule has 60 valence electrons. The smallest absolute Gasteiger partial charge is 0.160 e. The van der Waals surface area contributed by atoms with Gasteiger partial charge in [-0.1, -0.05) is 0 Å².